The zero-order valence-corrected chi connectivity index (χ0v) is 35.8. The van der Waals surface area contributed by atoms with E-state index >= 15 is 0 Å². The van der Waals surface area contributed by atoms with E-state index in [-0.39, 0.29) is 19.4 Å². The normalized spacial score (nSPS) is 14.2. The number of phosphoric ester groups is 1. The summed E-state index contributed by atoms with van der Waals surface area (Å²) in [5.74, 6) is -1.00. The zero-order valence-electron chi connectivity index (χ0n) is 34.9. The number of esters is 2. The molecule has 0 heterocycles. The lowest BCUT2D eigenvalue weighted by molar-refractivity contribution is -0.161. The fourth-order valence-corrected chi connectivity index (χ4v) is 6.64. The van der Waals surface area contributed by atoms with Crippen molar-refractivity contribution in [2.45, 2.75) is 206 Å². The number of phosphoric acid groups is 1. The lowest BCUT2D eigenvalue weighted by atomic mass is 10.1. The van der Waals surface area contributed by atoms with E-state index in [4.69, 9.17) is 19.1 Å². The Hall–Kier alpha value is -1.81. The molecular formula is C44H81O10P. The quantitative estimate of drug-likeness (QED) is 0.0236. The van der Waals surface area contributed by atoms with Crippen LogP contribution in [0.2, 0.25) is 0 Å². The van der Waals surface area contributed by atoms with Crippen molar-refractivity contribution in [3.8, 4) is 0 Å². The van der Waals surface area contributed by atoms with E-state index in [9.17, 15) is 24.2 Å². The molecular weight excluding hydrogens is 719 g/mol. The molecule has 0 saturated carbocycles. The molecule has 0 rings (SSSR count). The number of ether oxygens (including phenoxy) is 2. The number of unbranched alkanes of at least 4 members (excludes halogenated alkanes) is 21. The standard InChI is InChI=1S/C44H81O10P/c1-3-5-7-9-11-13-15-17-19-20-22-24-26-28-30-32-34-36-44(48)54-42(40-53-55(49,50)52-38-41(46)37-45)39-51-43(47)35-33-31-29-27-25-23-21-18-16-14-12-10-8-6-4-2/h22,24-25,27-28,30,41-42,45-46H,3-21,23,26,29,31-40H2,1-2H3,(H,49,50)/b24-22+,27-25+,30-28+/t41-,42+/m0/s1. The van der Waals surface area contributed by atoms with Gasteiger partial charge in [0.2, 0.25) is 0 Å². The van der Waals surface area contributed by atoms with Gasteiger partial charge in [0.15, 0.2) is 6.10 Å². The number of allylic oxidation sites excluding steroid dienone is 6. The molecule has 0 spiro atoms. The second kappa shape index (κ2) is 40.4. The highest BCUT2D eigenvalue weighted by Gasteiger charge is 2.27. The van der Waals surface area contributed by atoms with Crippen LogP contribution in [0, 0.1) is 0 Å². The summed E-state index contributed by atoms with van der Waals surface area (Å²) in [6.45, 7) is 2.32. The summed E-state index contributed by atoms with van der Waals surface area (Å²) in [7, 11) is -4.63. The van der Waals surface area contributed by atoms with Gasteiger partial charge in [-0.1, -0.05) is 153 Å². The molecule has 0 aromatic rings. The van der Waals surface area contributed by atoms with Crippen molar-refractivity contribution in [1.29, 1.82) is 0 Å². The second-order valence-corrected chi connectivity index (χ2v) is 16.2. The van der Waals surface area contributed by atoms with Gasteiger partial charge < -0.3 is 24.6 Å². The monoisotopic (exact) mass is 801 g/mol. The largest absolute Gasteiger partial charge is 0.472 e. The van der Waals surface area contributed by atoms with Crippen molar-refractivity contribution in [3.05, 3.63) is 36.5 Å². The fourth-order valence-electron chi connectivity index (χ4n) is 5.85. The molecule has 0 bridgehead atoms. The van der Waals surface area contributed by atoms with Crippen LogP contribution in [0.4, 0.5) is 0 Å². The molecule has 0 aliphatic carbocycles. The lowest BCUT2D eigenvalue weighted by Crippen LogP contribution is -2.29. The molecule has 55 heavy (non-hydrogen) atoms. The average Bonchev–Trinajstić information content (AvgIpc) is 3.17. The van der Waals surface area contributed by atoms with Gasteiger partial charge in [-0.05, 0) is 64.2 Å². The van der Waals surface area contributed by atoms with E-state index in [2.05, 4.69) is 48.8 Å². The van der Waals surface area contributed by atoms with E-state index in [0.717, 1.165) is 32.1 Å². The van der Waals surface area contributed by atoms with E-state index in [1.54, 1.807) is 0 Å². The average molecular weight is 801 g/mol. The van der Waals surface area contributed by atoms with Crippen LogP contribution in [0.3, 0.4) is 0 Å². The molecule has 0 aliphatic rings. The first kappa shape index (κ1) is 53.2. The van der Waals surface area contributed by atoms with Gasteiger partial charge in [-0.25, -0.2) is 4.57 Å². The molecule has 322 valence electrons. The molecule has 0 aliphatic heterocycles. The maximum Gasteiger partial charge on any atom is 0.472 e. The highest BCUT2D eigenvalue weighted by Crippen LogP contribution is 2.43. The van der Waals surface area contributed by atoms with Crippen molar-refractivity contribution in [1.82, 2.24) is 0 Å². The Labute approximate surface area is 335 Å². The van der Waals surface area contributed by atoms with Crippen molar-refractivity contribution in [2.24, 2.45) is 0 Å². The van der Waals surface area contributed by atoms with Gasteiger partial charge in [0.25, 0.3) is 0 Å². The number of aliphatic hydroxyl groups excluding tert-OH is 2. The summed E-state index contributed by atoms with van der Waals surface area (Å²) in [5.41, 5.74) is 0. The van der Waals surface area contributed by atoms with Crippen LogP contribution < -0.4 is 0 Å². The highest BCUT2D eigenvalue weighted by atomic mass is 31.2. The van der Waals surface area contributed by atoms with E-state index in [1.165, 1.54) is 116 Å². The molecule has 0 saturated heterocycles. The van der Waals surface area contributed by atoms with Gasteiger partial charge in [0.1, 0.15) is 12.7 Å². The minimum atomic E-state index is -4.63. The maximum atomic E-state index is 12.6. The van der Waals surface area contributed by atoms with Gasteiger partial charge in [-0.3, -0.25) is 18.6 Å². The molecule has 3 N–H and O–H groups in total. The molecule has 0 aromatic heterocycles. The second-order valence-electron chi connectivity index (χ2n) is 14.7. The van der Waals surface area contributed by atoms with Crippen LogP contribution in [0.1, 0.15) is 194 Å². The number of hydrogen-bond acceptors (Lipinski definition) is 9. The van der Waals surface area contributed by atoms with Crippen LogP contribution >= 0.6 is 7.82 Å². The fraction of sp³-hybridized carbons (Fsp3) is 0.818. The summed E-state index contributed by atoms with van der Waals surface area (Å²) in [6, 6.07) is 0. The minimum Gasteiger partial charge on any atom is -0.462 e. The molecule has 11 heteroatoms. The summed E-state index contributed by atoms with van der Waals surface area (Å²) < 4.78 is 32.6. The molecule has 10 nitrogen and oxygen atoms in total. The molecule has 0 radical (unpaired) electrons. The summed E-state index contributed by atoms with van der Waals surface area (Å²) in [4.78, 5) is 34.9. The molecule has 3 atom stereocenters. The van der Waals surface area contributed by atoms with Crippen LogP contribution in [0.25, 0.3) is 0 Å². The predicted molar refractivity (Wildman–Crippen MR) is 224 cm³/mol. The number of carbonyl (C=O) groups is 2. The summed E-state index contributed by atoms with van der Waals surface area (Å²) in [5, 5.41) is 18.3. The van der Waals surface area contributed by atoms with Crippen LogP contribution in [0.5, 0.6) is 0 Å². The number of carbonyl (C=O) groups excluding carboxylic acids is 2. The lowest BCUT2D eigenvalue weighted by Gasteiger charge is -2.20. The van der Waals surface area contributed by atoms with Gasteiger partial charge in [0, 0.05) is 12.8 Å². The Morgan fingerprint density at radius 3 is 1.47 bits per heavy atom. The Morgan fingerprint density at radius 1 is 0.545 bits per heavy atom. The third-order valence-corrected chi connectivity index (χ3v) is 10.2. The van der Waals surface area contributed by atoms with Crippen LogP contribution in [-0.2, 0) is 32.7 Å². The zero-order chi connectivity index (χ0) is 40.5. The van der Waals surface area contributed by atoms with Gasteiger partial charge >= 0.3 is 19.8 Å². The molecule has 1 unspecified atom stereocenters. The molecule has 0 fully saturated rings. The van der Waals surface area contributed by atoms with Crippen molar-refractivity contribution < 1.29 is 47.8 Å². The SMILES string of the molecule is CCCCCCCCCCC/C=C/C/C=C/CCCC(=O)O[C@H](COC(=O)CCCC/C=C/CCCCCCCCCCC)COP(=O)(O)OC[C@@H](O)CO. The van der Waals surface area contributed by atoms with E-state index < -0.39 is 51.8 Å². The molecule has 0 amide bonds. The van der Waals surface area contributed by atoms with E-state index in [0.29, 0.717) is 19.3 Å². The van der Waals surface area contributed by atoms with E-state index in [1.807, 2.05) is 6.08 Å². The first-order valence-electron chi connectivity index (χ1n) is 21.9. The smallest absolute Gasteiger partial charge is 0.462 e. The Balaban J connectivity index is 4.38. The maximum absolute atomic E-state index is 12.6. The van der Waals surface area contributed by atoms with Crippen molar-refractivity contribution >= 4 is 19.8 Å². The van der Waals surface area contributed by atoms with Crippen LogP contribution in [-0.4, -0.2) is 65.7 Å². The highest BCUT2D eigenvalue weighted by molar-refractivity contribution is 7.47. The number of aliphatic hydroxyl groups is 2. The number of rotatable bonds is 41. The first-order valence-corrected chi connectivity index (χ1v) is 23.4. The summed E-state index contributed by atoms with van der Waals surface area (Å²) >= 11 is 0. The summed E-state index contributed by atoms with van der Waals surface area (Å²) in [6.07, 6.45) is 41.2. The van der Waals surface area contributed by atoms with Crippen molar-refractivity contribution in [3.63, 3.8) is 0 Å². The van der Waals surface area contributed by atoms with Crippen LogP contribution in [0.15, 0.2) is 36.5 Å². The Kier molecular flexibility index (Phi) is 39.1. The third-order valence-electron chi connectivity index (χ3n) is 9.27. The van der Waals surface area contributed by atoms with Gasteiger partial charge in [-0.15, -0.1) is 0 Å². The van der Waals surface area contributed by atoms with Gasteiger partial charge in [-0.2, -0.15) is 0 Å². The van der Waals surface area contributed by atoms with Crippen molar-refractivity contribution in [2.75, 3.05) is 26.4 Å². The Bertz CT molecular complexity index is 1010. The topological polar surface area (TPSA) is 149 Å². The minimum absolute atomic E-state index is 0.117. The third kappa shape index (κ3) is 40.2. The van der Waals surface area contributed by atoms with Gasteiger partial charge in [0.05, 0.1) is 19.8 Å². The molecule has 0 aromatic carbocycles. The number of hydrogen-bond donors (Lipinski definition) is 3. The first-order chi connectivity index (χ1) is 26.7. The predicted octanol–water partition coefficient (Wildman–Crippen LogP) is 11.6. The Morgan fingerprint density at radius 2 is 0.964 bits per heavy atom.